The van der Waals surface area contributed by atoms with Crippen LogP contribution in [-0.2, 0) is 26.6 Å². The van der Waals surface area contributed by atoms with E-state index in [0.717, 1.165) is 38.8 Å². The zero-order valence-electron chi connectivity index (χ0n) is 17.5. The van der Waals surface area contributed by atoms with Gasteiger partial charge in [0.1, 0.15) is 0 Å². The first-order chi connectivity index (χ1) is 14.8. The molecule has 0 aliphatic carbocycles. The number of nitrogens with one attached hydrogen (secondary N) is 1. The number of likely N-dealkylation sites (tertiary alicyclic amines) is 1. The Bertz CT molecular complexity index is 1080. The van der Waals surface area contributed by atoms with Crippen molar-refractivity contribution in [1.29, 1.82) is 0 Å². The molecule has 0 saturated carbocycles. The average Bonchev–Trinajstić information content (AvgIpc) is 3.30. The van der Waals surface area contributed by atoms with Crippen molar-refractivity contribution in [2.75, 3.05) is 26.2 Å². The highest BCUT2D eigenvalue weighted by molar-refractivity contribution is 7.89. The maximum Gasteiger partial charge on any atom is 0.243 e. The fourth-order valence-electron chi connectivity index (χ4n) is 4.29. The predicted molar refractivity (Wildman–Crippen MR) is 119 cm³/mol. The quantitative estimate of drug-likeness (QED) is 0.682. The zero-order valence-corrected chi connectivity index (χ0v) is 19.1. The van der Waals surface area contributed by atoms with Crippen molar-refractivity contribution in [1.82, 2.24) is 13.9 Å². The summed E-state index contributed by atoms with van der Waals surface area (Å²) >= 11 is 0. The summed E-state index contributed by atoms with van der Waals surface area (Å²) in [6, 6.07) is 15.5. The van der Waals surface area contributed by atoms with E-state index in [9.17, 15) is 16.8 Å². The van der Waals surface area contributed by atoms with Crippen molar-refractivity contribution in [3.8, 4) is 0 Å². The molecule has 2 aliphatic heterocycles. The molecule has 2 aromatic rings. The summed E-state index contributed by atoms with van der Waals surface area (Å²) in [5.41, 5.74) is 1.21. The molecular formula is C22H29N3O4S2. The van der Waals surface area contributed by atoms with E-state index in [0.29, 0.717) is 19.6 Å². The van der Waals surface area contributed by atoms with Crippen LogP contribution in [0.3, 0.4) is 0 Å². The highest BCUT2D eigenvalue weighted by Crippen LogP contribution is 2.23. The molecule has 31 heavy (non-hydrogen) atoms. The fourth-order valence-corrected chi connectivity index (χ4v) is 7.07. The molecule has 9 heteroatoms. The standard InChI is InChI=1S/C22H29N3O4S2/c26-30(27,21-10-12-22(13-11-21)31(28,29)25-15-4-5-16-25)23-20-9-6-14-24(18-20)17-19-7-2-1-3-8-19/h1-3,7-8,10-13,20,23H,4-6,9,14-18H2. The van der Waals surface area contributed by atoms with Gasteiger partial charge in [-0.15, -0.1) is 0 Å². The molecule has 4 rings (SSSR count). The minimum Gasteiger partial charge on any atom is -0.298 e. The molecule has 0 bridgehead atoms. The average molecular weight is 464 g/mol. The van der Waals surface area contributed by atoms with E-state index in [1.807, 2.05) is 18.2 Å². The van der Waals surface area contributed by atoms with Gasteiger partial charge in [-0.05, 0) is 62.1 Å². The van der Waals surface area contributed by atoms with Gasteiger partial charge in [0.05, 0.1) is 9.79 Å². The lowest BCUT2D eigenvalue weighted by molar-refractivity contribution is 0.194. The summed E-state index contributed by atoms with van der Waals surface area (Å²) in [5.74, 6) is 0. The molecule has 0 aromatic heterocycles. The summed E-state index contributed by atoms with van der Waals surface area (Å²) in [6.07, 6.45) is 3.43. The van der Waals surface area contributed by atoms with Crippen molar-refractivity contribution in [3.63, 3.8) is 0 Å². The molecule has 1 unspecified atom stereocenters. The van der Waals surface area contributed by atoms with Crippen LogP contribution in [0.25, 0.3) is 0 Å². The molecule has 2 aromatic carbocycles. The van der Waals surface area contributed by atoms with E-state index < -0.39 is 20.0 Å². The number of nitrogens with zero attached hydrogens (tertiary/aromatic N) is 2. The van der Waals surface area contributed by atoms with Crippen LogP contribution in [0.4, 0.5) is 0 Å². The van der Waals surface area contributed by atoms with Crippen LogP contribution in [-0.4, -0.2) is 58.3 Å². The summed E-state index contributed by atoms with van der Waals surface area (Å²) in [4.78, 5) is 2.49. The lowest BCUT2D eigenvalue weighted by atomic mass is 10.1. The molecule has 1 atom stereocenters. The Morgan fingerprint density at radius 2 is 1.45 bits per heavy atom. The van der Waals surface area contributed by atoms with E-state index >= 15 is 0 Å². The minimum absolute atomic E-state index is 0.0908. The Morgan fingerprint density at radius 3 is 2.13 bits per heavy atom. The van der Waals surface area contributed by atoms with Gasteiger partial charge in [0, 0.05) is 32.2 Å². The minimum atomic E-state index is -3.72. The van der Waals surface area contributed by atoms with E-state index in [1.54, 1.807) is 0 Å². The van der Waals surface area contributed by atoms with Crippen molar-refractivity contribution in [3.05, 3.63) is 60.2 Å². The van der Waals surface area contributed by atoms with Gasteiger partial charge < -0.3 is 0 Å². The first-order valence-corrected chi connectivity index (χ1v) is 13.7. The normalized spacial score (nSPS) is 21.4. The Balaban J connectivity index is 1.41. The molecule has 2 saturated heterocycles. The Hall–Kier alpha value is -1.78. The summed E-state index contributed by atoms with van der Waals surface area (Å²) in [7, 11) is -7.28. The zero-order chi connectivity index (χ0) is 21.9. The van der Waals surface area contributed by atoms with Gasteiger partial charge in [0.25, 0.3) is 0 Å². The smallest absolute Gasteiger partial charge is 0.243 e. The molecule has 168 valence electrons. The Labute approximate surface area is 185 Å². The highest BCUT2D eigenvalue weighted by atomic mass is 32.2. The van der Waals surface area contributed by atoms with Crippen LogP contribution in [0.15, 0.2) is 64.4 Å². The van der Waals surface area contributed by atoms with E-state index in [4.69, 9.17) is 0 Å². The van der Waals surface area contributed by atoms with Crippen LogP contribution < -0.4 is 4.72 Å². The first-order valence-electron chi connectivity index (χ1n) is 10.7. The first kappa shape index (κ1) is 22.4. The monoisotopic (exact) mass is 463 g/mol. The Kier molecular flexibility index (Phi) is 6.78. The summed E-state index contributed by atoms with van der Waals surface area (Å²) in [6.45, 7) is 3.42. The third-order valence-electron chi connectivity index (χ3n) is 5.91. The van der Waals surface area contributed by atoms with E-state index in [2.05, 4.69) is 21.8 Å². The number of benzene rings is 2. The van der Waals surface area contributed by atoms with Crippen molar-refractivity contribution in [2.24, 2.45) is 0 Å². The molecule has 0 spiro atoms. The maximum absolute atomic E-state index is 12.9. The van der Waals surface area contributed by atoms with Gasteiger partial charge in [-0.1, -0.05) is 30.3 Å². The second kappa shape index (κ2) is 9.38. The lowest BCUT2D eigenvalue weighted by Crippen LogP contribution is -2.47. The molecule has 0 amide bonds. The number of rotatable bonds is 7. The molecule has 0 radical (unpaired) electrons. The SMILES string of the molecule is O=S(=O)(NC1CCCN(Cc2ccccc2)C1)c1ccc(S(=O)(=O)N2CCCC2)cc1. The topological polar surface area (TPSA) is 86.8 Å². The third kappa shape index (κ3) is 5.35. The number of hydrogen-bond donors (Lipinski definition) is 1. The van der Waals surface area contributed by atoms with E-state index in [-0.39, 0.29) is 15.8 Å². The summed E-state index contributed by atoms with van der Waals surface area (Å²) in [5, 5.41) is 0. The number of piperidine rings is 1. The second-order valence-electron chi connectivity index (χ2n) is 8.26. The molecule has 1 N–H and O–H groups in total. The number of hydrogen-bond acceptors (Lipinski definition) is 5. The molecular weight excluding hydrogens is 434 g/mol. The molecule has 2 fully saturated rings. The van der Waals surface area contributed by atoms with Gasteiger partial charge >= 0.3 is 0 Å². The fraction of sp³-hybridized carbons (Fsp3) is 0.455. The lowest BCUT2D eigenvalue weighted by Gasteiger charge is -2.33. The second-order valence-corrected chi connectivity index (χ2v) is 11.9. The van der Waals surface area contributed by atoms with Crippen LogP contribution in [0.1, 0.15) is 31.2 Å². The van der Waals surface area contributed by atoms with Crippen molar-refractivity contribution < 1.29 is 16.8 Å². The third-order valence-corrected chi connectivity index (χ3v) is 9.36. The van der Waals surface area contributed by atoms with Gasteiger partial charge in [0.2, 0.25) is 20.0 Å². The maximum atomic E-state index is 12.9. The van der Waals surface area contributed by atoms with Crippen molar-refractivity contribution in [2.45, 2.75) is 48.1 Å². The highest BCUT2D eigenvalue weighted by Gasteiger charge is 2.29. The van der Waals surface area contributed by atoms with E-state index in [1.165, 1.54) is 34.1 Å². The molecule has 7 nitrogen and oxygen atoms in total. The predicted octanol–water partition coefficient (Wildman–Crippen LogP) is 2.41. The number of sulfonamides is 2. The van der Waals surface area contributed by atoms with Crippen molar-refractivity contribution >= 4 is 20.0 Å². The van der Waals surface area contributed by atoms with Gasteiger partial charge in [-0.25, -0.2) is 21.6 Å². The van der Waals surface area contributed by atoms with Crippen LogP contribution >= 0.6 is 0 Å². The van der Waals surface area contributed by atoms with Crippen LogP contribution in [0.5, 0.6) is 0 Å². The van der Waals surface area contributed by atoms with Gasteiger partial charge in [-0.2, -0.15) is 4.31 Å². The molecule has 2 heterocycles. The molecule has 2 aliphatic rings. The largest absolute Gasteiger partial charge is 0.298 e. The van der Waals surface area contributed by atoms with Gasteiger partial charge in [-0.3, -0.25) is 4.90 Å². The summed E-state index contributed by atoms with van der Waals surface area (Å²) < 4.78 is 55.4. The Morgan fingerprint density at radius 1 is 0.806 bits per heavy atom. The van der Waals surface area contributed by atoms with Crippen LogP contribution in [0.2, 0.25) is 0 Å². The van der Waals surface area contributed by atoms with Crippen LogP contribution in [0, 0.1) is 0 Å². The van der Waals surface area contributed by atoms with Gasteiger partial charge in [0.15, 0.2) is 0 Å².